The maximum absolute atomic E-state index is 2.75. The molecule has 0 amide bonds. The highest BCUT2D eigenvalue weighted by molar-refractivity contribution is 5.09. The molecule has 0 bridgehead atoms. The molecule has 4 aliphatic rings. The van der Waals surface area contributed by atoms with Crippen LogP contribution in [0.3, 0.4) is 0 Å². The molecule has 0 N–H and O–H groups in total. The van der Waals surface area contributed by atoms with E-state index in [9.17, 15) is 0 Å². The van der Waals surface area contributed by atoms with E-state index >= 15 is 0 Å². The zero-order valence-corrected chi connectivity index (χ0v) is 24.8. The van der Waals surface area contributed by atoms with Crippen molar-refractivity contribution in [3.05, 3.63) is 0 Å². The third-order valence-corrected chi connectivity index (χ3v) is 11.6. The molecule has 0 radical (unpaired) electrons. The average Bonchev–Trinajstić information content (AvgIpc) is 3.16. The van der Waals surface area contributed by atoms with Crippen LogP contribution in [0.2, 0.25) is 0 Å². The van der Waals surface area contributed by atoms with Crippen LogP contribution >= 0.6 is 0 Å². The quantitative estimate of drug-likeness (QED) is 0.382. The minimum absolute atomic E-state index is 0.666. The zero-order valence-electron chi connectivity index (χ0n) is 24.8. The third kappa shape index (κ3) is 6.05. The van der Waals surface area contributed by atoms with Crippen molar-refractivity contribution in [2.45, 2.75) is 153 Å². The van der Waals surface area contributed by atoms with Crippen molar-refractivity contribution in [2.75, 3.05) is 0 Å². The lowest BCUT2D eigenvalue weighted by atomic mass is 9.44. The molecule has 0 heteroatoms. The molecule has 196 valence electrons. The minimum Gasteiger partial charge on any atom is -0.0683 e. The second-order valence-corrected chi connectivity index (χ2v) is 13.6. The molecular weight excluding hydrogens is 396 g/mol. The molecule has 0 saturated heterocycles. The highest BCUT2D eigenvalue weighted by atomic mass is 14.6. The van der Waals surface area contributed by atoms with E-state index < -0.39 is 0 Å². The summed E-state index contributed by atoms with van der Waals surface area (Å²) < 4.78 is 0. The van der Waals surface area contributed by atoms with Gasteiger partial charge in [-0.05, 0) is 110 Å². The van der Waals surface area contributed by atoms with E-state index in [1.54, 1.807) is 51.4 Å². The first-order valence-corrected chi connectivity index (χ1v) is 15.7. The summed E-state index contributed by atoms with van der Waals surface area (Å²) in [5, 5.41) is 0. The van der Waals surface area contributed by atoms with Crippen molar-refractivity contribution >= 4 is 0 Å². The van der Waals surface area contributed by atoms with Crippen LogP contribution in [0.1, 0.15) is 153 Å². The fourth-order valence-electron chi connectivity index (χ4n) is 9.33. The zero-order chi connectivity index (χ0) is 24.8. The van der Waals surface area contributed by atoms with Crippen molar-refractivity contribution in [3.8, 4) is 0 Å². The molecule has 4 saturated carbocycles. The Balaban J connectivity index is 0.000000714. The van der Waals surface area contributed by atoms with Crippen LogP contribution in [-0.2, 0) is 0 Å². The van der Waals surface area contributed by atoms with Gasteiger partial charge in [-0.3, -0.25) is 0 Å². The molecule has 4 fully saturated rings. The lowest BCUT2D eigenvalue weighted by Gasteiger charge is -2.61. The van der Waals surface area contributed by atoms with Crippen LogP contribution in [0.5, 0.6) is 0 Å². The maximum atomic E-state index is 2.75. The Morgan fingerprint density at radius 2 is 1.33 bits per heavy atom. The number of rotatable bonds is 5. The largest absolute Gasteiger partial charge is 0.0683 e. The average molecular weight is 461 g/mol. The van der Waals surface area contributed by atoms with Gasteiger partial charge in [0.15, 0.2) is 0 Å². The van der Waals surface area contributed by atoms with E-state index in [0.717, 1.165) is 47.3 Å². The molecule has 0 aliphatic heterocycles. The molecule has 4 aliphatic carbocycles. The van der Waals surface area contributed by atoms with Crippen LogP contribution in [0, 0.1) is 58.2 Å². The molecule has 0 heterocycles. The van der Waals surface area contributed by atoms with Crippen molar-refractivity contribution in [1.82, 2.24) is 0 Å². The van der Waals surface area contributed by atoms with Gasteiger partial charge >= 0.3 is 0 Å². The molecular formula is C33H64. The molecule has 9 unspecified atom stereocenters. The van der Waals surface area contributed by atoms with Crippen LogP contribution in [0.25, 0.3) is 0 Å². The lowest BCUT2D eigenvalue weighted by molar-refractivity contribution is -0.114. The standard InChI is InChI=1S/C28H50.C3H8.C2H6/c1-19(2)20(3)10-11-21(4)24-14-15-25-23-13-12-22-9-7-8-17-27(22,5)26(23)16-18-28(24,25)6;1-3-2;1-2/h19-26H,7-18H2,1-6H3;3H2,1-2H3;1-2H3. The summed E-state index contributed by atoms with van der Waals surface area (Å²) in [6.07, 6.45) is 19.7. The Bertz CT molecular complexity index is 548. The van der Waals surface area contributed by atoms with Crippen molar-refractivity contribution in [2.24, 2.45) is 58.2 Å². The Hall–Kier alpha value is 0. The number of hydrogen-bond acceptors (Lipinski definition) is 0. The first kappa shape index (κ1) is 29.2. The lowest BCUT2D eigenvalue weighted by Crippen LogP contribution is -2.53. The van der Waals surface area contributed by atoms with Gasteiger partial charge < -0.3 is 0 Å². The SMILES string of the molecule is CC.CC(C)C(C)CCC(C)C1CCC2C3CCC4CCCCC4(C)C3CCC12C.CCC. The van der Waals surface area contributed by atoms with E-state index in [1.165, 1.54) is 32.1 Å². The second-order valence-electron chi connectivity index (χ2n) is 13.6. The summed E-state index contributed by atoms with van der Waals surface area (Å²) in [6, 6.07) is 0. The summed E-state index contributed by atoms with van der Waals surface area (Å²) >= 11 is 0. The Kier molecular flexibility index (Phi) is 11.3. The van der Waals surface area contributed by atoms with Crippen LogP contribution in [0.15, 0.2) is 0 Å². The highest BCUT2D eigenvalue weighted by Crippen LogP contribution is 2.68. The van der Waals surface area contributed by atoms with Crippen LogP contribution < -0.4 is 0 Å². The van der Waals surface area contributed by atoms with Crippen molar-refractivity contribution in [3.63, 3.8) is 0 Å². The smallest absolute Gasteiger partial charge is 0.0264 e. The van der Waals surface area contributed by atoms with Gasteiger partial charge in [0.1, 0.15) is 0 Å². The monoisotopic (exact) mass is 461 g/mol. The normalized spacial score (nSPS) is 41.4. The highest BCUT2D eigenvalue weighted by Gasteiger charge is 2.60. The summed E-state index contributed by atoms with van der Waals surface area (Å²) in [5.41, 5.74) is 1.37. The molecule has 0 aromatic heterocycles. The van der Waals surface area contributed by atoms with Gasteiger partial charge in [0.2, 0.25) is 0 Å². The summed E-state index contributed by atoms with van der Waals surface area (Å²) in [5.74, 6) is 7.96. The topological polar surface area (TPSA) is 0 Å². The van der Waals surface area contributed by atoms with E-state index in [-0.39, 0.29) is 0 Å². The number of fused-ring (bicyclic) bond motifs is 5. The van der Waals surface area contributed by atoms with Gasteiger partial charge in [0.25, 0.3) is 0 Å². The Morgan fingerprint density at radius 3 is 1.97 bits per heavy atom. The molecule has 0 aromatic rings. The minimum atomic E-state index is 0.666. The maximum Gasteiger partial charge on any atom is -0.0264 e. The first-order chi connectivity index (χ1) is 15.7. The van der Waals surface area contributed by atoms with Crippen LogP contribution in [-0.4, -0.2) is 0 Å². The van der Waals surface area contributed by atoms with E-state index in [0.29, 0.717) is 10.8 Å². The van der Waals surface area contributed by atoms with Gasteiger partial charge in [0.05, 0.1) is 0 Å². The molecule has 0 spiro atoms. The van der Waals surface area contributed by atoms with E-state index in [4.69, 9.17) is 0 Å². The molecule has 33 heavy (non-hydrogen) atoms. The second kappa shape index (κ2) is 12.8. The molecule has 0 aromatic carbocycles. The molecule has 0 nitrogen and oxygen atoms in total. The van der Waals surface area contributed by atoms with Gasteiger partial charge in [-0.15, -0.1) is 0 Å². The fourth-order valence-corrected chi connectivity index (χ4v) is 9.33. The van der Waals surface area contributed by atoms with Gasteiger partial charge in [-0.1, -0.05) is 101 Å². The molecule has 4 rings (SSSR count). The van der Waals surface area contributed by atoms with Gasteiger partial charge in [-0.25, -0.2) is 0 Å². The molecule has 9 atom stereocenters. The van der Waals surface area contributed by atoms with Crippen LogP contribution in [0.4, 0.5) is 0 Å². The van der Waals surface area contributed by atoms with E-state index in [2.05, 4.69) is 55.4 Å². The summed E-state index contributed by atoms with van der Waals surface area (Å²) in [6.45, 7) is 23.7. The van der Waals surface area contributed by atoms with Gasteiger partial charge in [-0.2, -0.15) is 0 Å². The summed E-state index contributed by atoms with van der Waals surface area (Å²) in [7, 11) is 0. The first-order valence-electron chi connectivity index (χ1n) is 15.7. The Morgan fingerprint density at radius 1 is 0.697 bits per heavy atom. The predicted molar refractivity (Wildman–Crippen MR) is 150 cm³/mol. The fraction of sp³-hybridized carbons (Fsp3) is 1.00. The van der Waals surface area contributed by atoms with Crippen molar-refractivity contribution in [1.29, 1.82) is 0 Å². The third-order valence-electron chi connectivity index (χ3n) is 11.6. The predicted octanol–water partition coefficient (Wildman–Crippen LogP) is 11.2. The van der Waals surface area contributed by atoms with E-state index in [1.807, 2.05) is 13.8 Å². The number of hydrogen-bond donors (Lipinski definition) is 0. The van der Waals surface area contributed by atoms with Crippen molar-refractivity contribution < 1.29 is 0 Å². The Labute approximate surface area is 210 Å². The summed E-state index contributed by atoms with van der Waals surface area (Å²) in [4.78, 5) is 0. The van der Waals surface area contributed by atoms with Gasteiger partial charge in [0, 0.05) is 0 Å².